The summed E-state index contributed by atoms with van der Waals surface area (Å²) in [6, 6.07) is 0. The number of hydrogen-bond donors (Lipinski definition) is 0. The van der Waals surface area contributed by atoms with Gasteiger partial charge in [-0.05, 0) is 6.92 Å². The van der Waals surface area contributed by atoms with Gasteiger partial charge in [-0.25, -0.2) is 0 Å². The first-order valence-corrected chi connectivity index (χ1v) is 7.64. The molecule has 1 aliphatic heterocycles. The summed E-state index contributed by atoms with van der Waals surface area (Å²) in [6.07, 6.45) is 0. The minimum absolute atomic E-state index is 0.676. The molecule has 0 N–H and O–H groups in total. The fraction of sp³-hybridized carbons (Fsp3) is 1.00. The smallest absolute Gasteiger partial charge is 0.374 e. The lowest BCUT2D eigenvalue weighted by molar-refractivity contribution is 0.0780. The van der Waals surface area contributed by atoms with E-state index in [1.54, 1.807) is 0 Å². The van der Waals surface area contributed by atoms with Crippen molar-refractivity contribution in [3.63, 3.8) is 0 Å². The first kappa shape index (κ1) is 10.5. The van der Waals surface area contributed by atoms with E-state index < -0.39 is 8.80 Å². The highest BCUT2D eigenvalue weighted by Crippen LogP contribution is 2.14. The van der Waals surface area contributed by atoms with Crippen molar-refractivity contribution in [3.8, 4) is 0 Å². The molecule has 0 aromatic carbocycles. The quantitative estimate of drug-likeness (QED) is 0.641. The van der Waals surface area contributed by atoms with E-state index in [2.05, 4.69) is 0 Å². The molecule has 5 heteroatoms. The fourth-order valence-corrected chi connectivity index (χ4v) is 3.68. The lowest BCUT2D eigenvalue weighted by Gasteiger charge is -2.27. The molecule has 1 heterocycles. The third-order valence-corrected chi connectivity index (χ3v) is 4.77. The van der Waals surface area contributed by atoms with Gasteiger partial charge in [0.2, 0.25) is 0 Å². The molecule has 0 saturated carbocycles. The fourth-order valence-electron chi connectivity index (χ4n) is 1.06. The minimum Gasteiger partial charge on any atom is -0.374 e. The van der Waals surface area contributed by atoms with E-state index >= 15 is 0 Å². The average Bonchev–Trinajstić information content (AvgIpc) is 1.99. The number of thioether (sulfide) groups is 1. The Hall–Kier alpha value is 0.447. The van der Waals surface area contributed by atoms with Gasteiger partial charge in [0.25, 0.3) is 0 Å². The molecule has 1 fully saturated rings. The molecule has 1 saturated heterocycles. The van der Waals surface area contributed by atoms with E-state index in [1.165, 1.54) is 0 Å². The van der Waals surface area contributed by atoms with Crippen LogP contribution in [0.3, 0.4) is 0 Å². The summed E-state index contributed by atoms with van der Waals surface area (Å²) in [6.45, 7) is 6.13. The topological polar surface area (TPSA) is 27.7 Å². The molecule has 1 aliphatic rings. The summed E-state index contributed by atoms with van der Waals surface area (Å²) in [4.78, 5) is 0. The molecule has 1 rings (SSSR count). The van der Waals surface area contributed by atoms with Crippen LogP contribution in [-0.2, 0) is 13.3 Å². The second-order valence-corrected chi connectivity index (χ2v) is 6.42. The van der Waals surface area contributed by atoms with Gasteiger partial charge in [0.05, 0.1) is 0 Å². The van der Waals surface area contributed by atoms with E-state index in [0.29, 0.717) is 6.61 Å². The molecule has 0 bridgehead atoms. The largest absolute Gasteiger partial charge is 0.497 e. The third-order valence-electron chi connectivity index (χ3n) is 1.59. The molecule has 0 unspecified atom stereocenters. The average molecular weight is 208 g/mol. The highest BCUT2D eigenvalue weighted by molar-refractivity contribution is 7.99. The van der Waals surface area contributed by atoms with Crippen LogP contribution in [0.15, 0.2) is 0 Å². The Morgan fingerprint density at radius 2 is 1.92 bits per heavy atom. The molecule has 0 radical (unpaired) electrons. The molecular formula is C7H16O3SSi. The SMILES string of the molecule is CCO[Si]1(C)OCCSCCO1. The molecule has 72 valence electrons. The van der Waals surface area contributed by atoms with Crippen LogP contribution in [-0.4, -0.2) is 40.1 Å². The van der Waals surface area contributed by atoms with Gasteiger partial charge in [0, 0.05) is 37.9 Å². The Morgan fingerprint density at radius 3 is 2.42 bits per heavy atom. The molecule has 0 amide bonds. The van der Waals surface area contributed by atoms with Crippen molar-refractivity contribution in [2.24, 2.45) is 0 Å². The Balaban J connectivity index is 2.36. The summed E-state index contributed by atoms with van der Waals surface area (Å²) in [5.74, 6) is 2.11. The summed E-state index contributed by atoms with van der Waals surface area (Å²) in [5, 5.41) is 0. The molecule has 0 aromatic rings. The van der Waals surface area contributed by atoms with E-state index in [1.807, 2.05) is 25.2 Å². The first-order valence-electron chi connectivity index (χ1n) is 4.26. The zero-order valence-electron chi connectivity index (χ0n) is 7.67. The summed E-state index contributed by atoms with van der Waals surface area (Å²) in [5.41, 5.74) is 0. The summed E-state index contributed by atoms with van der Waals surface area (Å²) < 4.78 is 16.7. The van der Waals surface area contributed by atoms with Crippen molar-refractivity contribution in [1.82, 2.24) is 0 Å². The van der Waals surface area contributed by atoms with Crippen LogP contribution < -0.4 is 0 Å². The second kappa shape index (κ2) is 5.24. The van der Waals surface area contributed by atoms with E-state index in [-0.39, 0.29) is 0 Å². The van der Waals surface area contributed by atoms with Crippen molar-refractivity contribution in [3.05, 3.63) is 0 Å². The van der Waals surface area contributed by atoms with Crippen LogP contribution in [0.4, 0.5) is 0 Å². The van der Waals surface area contributed by atoms with E-state index in [4.69, 9.17) is 13.3 Å². The summed E-state index contributed by atoms with van der Waals surface area (Å²) >= 11 is 1.86. The maximum atomic E-state index is 5.58. The van der Waals surface area contributed by atoms with Gasteiger partial charge in [-0.2, -0.15) is 11.8 Å². The maximum Gasteiger partial charge on any atom is 0.497 e. The molecular weight excluding hydrogens is 192 g/mol. The molecule has 0 atom stereocenters. The zero-order chi connectivity index (χ0) is 8.86. The predicted octanol–water partition coefficient (Wildman–Crippen LogP) is 1.37. The highest BCUT2D eigenvalue weighted by atomic mass is 32.2. The minimum atomic E-state index is -2.23. The normalized spacial score (nSPS) is 24.5. The lowest BCUT2D eigenvalue weighted by atomic mass is 10.9. The number of rotatable bonds is 2. The van der Waals surface area contributed by atoms with Gasteiger partial charge in [-0.15, -0.1) is 0 Å². The van der Waals surface area contributed by atoms with Gasteiger partial charge in [0.1, 0.15) is 0 Å². The zero-order valence-corrected chi connectivity index (χ0v) is 9.49. The van der Waals surface area contributed by atoms with E-state index in [9.17, 15) is 0 Å². The Kier molecular flexibility index (Phi) is 4.59. The van der Waals surface area contributed by atoms with Crippen LogP contribution in [0.5, 0.6) is 0 Å². The maximum absolute atomic E-state index is 5.58. The van der Waals surface area contributed by atoms with E-state index in [0.717, 1.165) is 24.7 Å². The Morgan fingerprint density at radius 1 is 1.33 bits per heavy atom. The van der Waals surface area contributed by atoms with Gasteiger partial charge < -0.3 is 13.3 Å². The highest BCUT2D eigenvalue weighted by Gasteiger charge is 2.34. The molecule has 3 nitrogen and oxygen atoms in total. The van der Waals surface area contributed by atoms with Crippen LogP contribution in [0.1, 0.15) is 6.92 Å². The number of hydrogen-bond acceptors (Lipinski definition) is 4. The van der Waals surface area contributed by atoms with Gasteiger partial charge in [0.15, 0.2) is 0 Å². The van der Waals surface area contributed by atoms with Crippen molar-refractivity contribution in [2.45, 2.75) is 13.5 Å². The van der Waals surface area contributed by atoms with Crippen LogP contribution in [0, 0.1) is 0 Å². The molecule has 0 aromatic heterocycles. The van der Waals surface area contributed by atoms with Crippen molar-refractivity contribution < 1.29 is 13.3 Å². The monoisotopic (exact) mass is 208 g/mol. The Labute approximate surface area is 79.1 Å². The standard InChI is InChI=1S/C7H16O3SSi/c1-3-8-12(2)9-4-6-11-7-5-10-12/h3-7H2,1-2H3. The van der Waals surface area contributed by atoms with Gasteiger partial charge in [-0.1, -0.05) is 0 Å². The third kappa shape index (κ3) is 3.45. The second-order valence-electron chi connectivity index (χ2n) is 2.60. The van der Waals surface area contributed by atoms with Crippen molar-refractivity contribution in [1.29, 1.82) is 0 Å². The van der Waals surface area contributed by atoms with Crippen molar-refractivity contribution in [2.75, 3.05) is 31.3 Å². The van der Waals surface area contributed by atoms with Gasteiger partial charge >= 0.3 is 8.80 Å². The van der Waals surface area contributed by atoms with Crippen LogP contribution in [0.25, 0.3) is 0 Å². The van der Waals surface area contributed by atoms with Crippen LogP contribution in [0.2, 0.25) is 6.55 Å². The molecule has 0 spiro atoms. The predicted molar refractivity (Wildman–Crippen MR) is 52.5 cm³/mol. The van der Waals surface area contributed by atoms with Crippen molar-refractivity contribution >= 4 is 20.6 Å². The molecule has 0 aliphatic carbocycles. The first-order chi connectivity index (χ1) is 5.77. The van der Waals surface area contributed by atoms with Crippen LogP contribution >= 0.6 is 11.8 Å². The molecule has 12 heavy (non-hydrogen) atoms. The Bertz CT molecular complexity index is 126. The lowest BCUT2D eigenvalue weighted by Crippen LogP contribution is -2.44. The summed E-state index contributed by atoms with van der Waals surface area (Å²) in [7, 11) is -2.23. The van der Waals surface area contributed by atoms with Gasteiger partial charge in [-0.3, -0.25) is 0 Å².